The summed E-state index contributed by atoms with van der Waals surface area (Å²) >= 11 is 0. The maximum Gasteiger partial charge on any atom is 0.200 e. The molecule has 0 radical (unpaired) electrons. The van der Waals surface area contributed by atoms with Crippen molar-refractivity contribution in [2.24, 2.45) is 0 Å². The molecule has 2 N–H and O–H groups in total. The topological polar surface area (TPSA) is 43.8 Å². The molecule has 0 atom stereocenters. The van der Waals surface area contributed by atoms with Gasteiger partial charge in [0, 0.05) is 11.3 Å². The highest BCUT2D eigenvalue weighted by Gasteiger charge is 2.06. The van der Waals surface area contributed by atoms with Crippen molar-refractivity contribution in [1.82, 2.24) is 9.55 Å². The number of imidazole rings is 1. The predicted octanol–water partition coefficient (Wildman–Crippen LogP) is 1.96. The van der Waals surface area contributed by atoms with Gasteiger partial charge in [0.25, 0.3) is 0 Å². The van der Waals surface area contributed by atoms with E-state index in [0.29, 0.717) is 18.1 Å². The van der Waals surface area contributed by atoms with Crippen molar-refractivity contribution < 1.29 is 4.39 Å². The number of nitrogen functional groups attached to an aromatic ring is 1. The van der Waals surface area contributed by atoms with Crippen LogP contribution in [0.1, 0.15) is 11.3 Å². The number of anilines is 1. The summed E-state index contributed by atoms with van der Waals surface area (Å²) in [5, 5.41) is 0. The van der Waals surface area contributed by atoms with Crippen LogP contribution in [0.15, 0.2) is 30.5 Å². The molecule has 2 aromatic rings. The first-order valence-electron chi connectivity index (χ1n) is 4.69. The van der Waals surface area contributed by atoms with Crippen LogP contribution in [0.25, 0.3) is 0 Å². The third-order valence-electron chi connectivity index (χ3n) is 2.37. The first-order chi connectivity index (χ1) is 7.18. The van der Waals surface area contributed by atoms with Crippen LogP contribution in [-0.2, 0) is 6.54 Å². The van der Waals surface area contributed by atoms with Crippen LogP contribution in [0.5, 0.6) is 0 Å². The summed E-state index contributed by atoms with van der Waals surface area (Å²) in [7, 11) is 0. The molecule has 4 heteroatoms. The molecule has 1 heterocycles. The number of rotatable bonds is 2. The number of aromatic nitrogens is 2. The average Bonchev–Trinajstić information content (AvgIpc) is 2.53. The number of aryl methyl sites for hydroxylation is 1. The first-order valence-corrected chi connectivity index (χ1v) is 4.69. The van der Waals surface area contributed by atoms with Gasteiger partial charge < -0.3 is 10.3 Å². The molecule has 0 unspecified atom stereocenters. The molecule has 0 bridgehead atoms. The fourth-order valence-corrected chi connectivity index (χ4v) is 1.48. The van der Waals surface area contributed by atoms with Gasteiger partial charge in [-0.15, -0.1) is 0 Å². The number of halogens is 1. The van der Waals surface area contributed by atoms with E-state index in [-0.39, 0.29) is 5.82 Å². The summed E-state index contributed by atoms with van der Waals surface area (Å²) in [6.45, 7) is 2.31. The van der Waals surface area contributed by atoms with E-state index in [1.807, 2.05) is 6.92 Å². The lowest BCUT2D eigenvalue weighted by molar-refractivity contribution is 0.599. The largest absolute Gasteiger partial charge is 0.369 e. The summed E-state index contributed by atoms with van der Waals surface area (Å²) in [6, 6.07) is 6.66. The fraction of sp³-hybridized carbons (Fsp3) is 0.182. The molecule has 1 aromatic heterocycles. The van der Waals surface area contributed by atoms with Gasteiger partial charge in [-0.25, -0.2) is 9.37 Å². The van der Waals surface area contributed by atoms with Gasteiger partial charge in [-0.3, -0.25) is 0 Å². The van der Waals surface area contributed by atoms with Gasteiger partial charge in [-0.1, -0.05) is 18.2 Å². The van der Waals surface area contributed by atoms with Crippen LogP contribution in [0.3, 0.4) is 0 Å². The minimum absolute atomic E-state index is 0.218. The van der Waals surface area contributed by atoms with Gasteiger partial charge in [0.1, 0.15) is 5.82 Å². The standard InChI is InChI=1S/C11H12FN3/c1-8-6-14-11(13)15(8)7-9-4-2-3-5-10(9)12/h2-6H,7H2,1H3,(H2,13,14). The number of hydrogen-bond acceptors (Lipinski definition) is 2. The van der Waals surface area contributed by atoms with E-state index in [2.05, 4.69) is 4.98 Å². The Kier molecular flexibility index (Phi) is 2.41. The Bertz CT molecular complexity index is 457. The smallest absolute Gasteiger partial charge is 0.200 e. The Morgan fingerprint density at radius 1 is 1.40 bits per heavy atom. The minimum atomic E-state index is -0.218. The summed E-state index contributed by atoms with van der Waals surface area (Å²) in [5.41, 5.74) is 7.21. The van der Waals surface area contributed by atoms with Crippen LogP contribution in [0.2, 0.25) is 0 Å². The van der Waals surface area contributed by atoms with Crippen molar-refractivity contribution >= 4 is 5.95 Å². The lowest BCUT2D eigenvalue weighted by Gasteiger charge is -2.07. The molecule has 0 saturated heterocycles. The van der Waals surface area contributed by atoms with E-state index in [0.717, 1.165) is 5.69 Å². The molecule has 15 heavy (non-hydrogen) atoms. The summed E-state index contributed by atoms with van der Waals surface area (Å²) < 4.78 is 15.1. The normalized spacial score (nSPS) is 10.5. The molecule has 78 valence electrons. The van der Waals surface area contributed by atoms with Crippen molar-refractivity contribution in [3.63, 3.8) is 0 Å². The van der Waals surface area contributed by atoms with E-state index in [1.165, 1.54) is 6.07 Å². The summed E-state index contributed by atoms with van der Waals surface area (Å²) in [5.74, 6) is 0.195. The van der Waals surface area contributed by atoms with Crippen LogP contribution >= 0.6 is 0 Å². The molecule has 1 aromatic carbocycles. The number of hydrogen-bond donors (Lipinski definition) is 1. The van der Waals surface area contributed by atoms with E-state index >= 15 is 0 Å². The predicted molar refractivity (Wildman–Crippen MR) is 56.9 cm³/mol. The Morgan fingerprint density at radius 2 is 2.13 bits per heavy atom. The lowest BCUT2D eigenvalue weighted by Crippen LogP contribution is -2.07. The van der Waals surface area contributed by atoms with Gasteiger partial charge in [0.05, 0.1) is 12.7 Å². The van der Waals surface area contributed by atoms with Crippen LogP contribution in [0.4, 0.5) is 10.3 Å². The average molecular weight is 205 g/mol. The third-order valence-corrected chi connectivity index (χ3v) is 2.37. The van der Waals surface area contributed by atoms with Crippen molar-refractivity contribution in [2.75, 3.05) is 5.73 Å². The summed E-state index contributed by atoms with van der Waals surface area (Å²) in [4.78, 5) is 3.96. The fourth-order valence-electron chi connectivity index (χ4n) is 1.48. The molecule has 0 saturated carbocycles. The number of nitrogens with two attached hydrogens (primary N) is 1. The second kappa shape index (κ2) is 3.73. The second-order valence-electron chi connectivity index (χ2n) is 3.44. The number of nitrogens with zero attached hydrogens (tertiary/aromatic N) is 2. The Hall–Kier alpha value is -1.84. The highest BCUT2D eigenvalue weighted by atomic mass is 19.1. The highest BCUT2D eigenvalue weighted by molar-refractivity contribution is 5.26. The van der Waals surface area contributed by atoms with Crippen LogP contribution in [-0.4, -0.2) is 9.55 Å². The first kappa shape index (κ1) is 9.71. The molecule has 0 fully saturated rings. The zero-order valence-electron chi connectivity index (χ0n) is 8.44. The van der Waals surface area contributed by atoms with Gasteiger partial charge >= 0.3 is 0 Å². The molecular formula is C11H12FN3. The molecule has 2 rings (SSSR count). The molecule has 3 nitrogen and oxygen atoms in total. The summed E-state index contributed by atoms with van der Waals surface area (Å²) in [6.07, 6.45) is 1.68. The quantitative estimate of drug-likeness (QED) is 0.814. The van der Waals surface area contributed by atoms with Crippen molar-refractivity contribution in [3.8, 4) is 0 Å². The number of benzene rings is 1. The zero-order chi connectivity index (χ0) is 10.8. The monoisotopic (exact) mass is 205 g/mol. The molecule has 0 aliphatic heterocycles. The second-order valence-corrected chi connectivity index (χ2v) is 3.44. The molecule has 0 spiro atoms. The molecule has 0 amide bonds. The van der Waals surface area contributed by atoms with E-state index in [1.54, 1.807) is 29.0 Å². The van der Waals surface area contributed by atoms with E-state index in [9.17, 15) is 4.39 Å². The van der Waals surface area contributed by atoms with Gasteiger partial charge in [-0.05, 0) is 13.0 Å². The SMILES string of the molecule is Cc1cnc(N)n1Cc1ccccc1F. The molecular weight excluding hydrogens is 193 g/mol. The highest BCUT2D eigenvalue weighted by Crippen LogP contribution is 2.13. The van der Waals surface area contributed by atoms with E-state index < -0.39 is 0 Å². The van der Waals surface area contributed by atoms with Crippen molar-refractivity contribution in [1.29, 1.82) is 0 Å². The van der Waals surface area contributed by atoms with Crippen LogP contribution in [0, 0.1) is 12.7 Å². The van der Waals surface area contributed by atoms with Gasteiger partial charge in [0.2, 0.25) is 5.95 Å². The maximum atomic E-state index is 13.4. The molecule has 0 aliphatic rings. The van der Waals surface area contributed by atoms with Crippen molar-refractivity contribution in [2.45, 2.75) is 13.5 Å². The maximum absolute atomic E-state index is 13.4. The van der Waals surface area contributed by atoms with Gasteiger partial charge in [-0.2, -0.15) is 0 Å². The zero-order valence-corrected chi connectivity index (χ0v) is 8.44. The van der Waals surface area contributed by atoms with E-state index in [4.69, 9.17) is 5.73 Å². The Balaban J connectivity index is 2.34. The lowest BCUT2D eigenvalue weighted by atomic mass is 10.2. The van der Waals surface area contributed by atoms with Crippen LogP contribution < -0.4 is 5.73 Å². The molecule has 0 aliphatic carbocycles. The van der Waals surface area contributed by atoms with Gasteiger partial charge in [0.15, 0.2) is 0 Å². The Morgan fingerprint density at radius 3 is 2.73 bits per heavy atom. The Labute approximate surface area is 87.4 Å². The third kappa shape index (κ3) is 1.83. The minimum Gasteiger partial charge on any atom is -0.369 e. The van der Waals surface area contributed by atoms with Crippen molar-refractivity contribution in [3.05, 3.63) is 47.5 Å².